The van der Waals surface area contributed by atoms with Crippen LogP contribution in [0.5, 0.6) is 0 Å². The Bertz CT molecular complexity index is 920. The zero-order valence-corrected chi connectivity index (χ0v) is 17.3. The van der Waals surface area contributed by atoms with Gasteiger partial charge in [0.25, 0.3) is 0 Å². The smallest absolute Gasteiger partial charge is 0.191 e. The van der Waals surface area contributed by atoms with Crippen LogP contribution in [0.2, 0.25) is 0 Å². The van der Waals surface area contributed by atoms with Crippen molar-refractivity contribution in [1.29, 1.82) is 0 Å². The second kappa shape index (κ2) is 9.44. The third kappa shape index (κ3) is 4.55. The molecule has 0 saturated carbocycles. The molecule has 2 heterocycles. The molecule has 150 valence electrons. The molecular formula is C22H31N5O. The predicted molar refractivity (Wildman–Crippen MR) is 115 cm³/mol. The van der Waals surface area contributed by atoms with Crippen LogP contribution < -0.4 is 10.6 Å². The molecule has 0 spiro atoms. The van der Waals surface area contributed by atoms with Crippen LogP contribution in [-0.4, -0.2) is 29.7 Å². The number of fused-ring (bicyclic) bond motifs is 1. The molecular weight excluding hydrogens is 350 g/mol. The fourth-order valence-corrected chi connectivity index (χ4v) is 3.67. The molecule has 0 radical (unpaired) electrons. The summed E-state index contributed by atoms with van der Waals surface area (Å²) in [6.07, 6.45) is 5.18. The van der Waals surface area contributed by atoms with Gasteiger partial charge in [0, 0.05) is 42.7 Å². The van der Waals surface area contributed by atoms with E-state index in [1.807, 2.05) is 6.07 Å². The number of nitrogens with zero attached hydrogens (tertiary/aromatic N) is 2. The number of aryl methyl sites for hydroxylation is 1. The highest BCUT2D eigenvalue weighted by Crippen LogP contribution is 2.23. The normalized spacial score (nSPS) is 12.1. The van der Waals surface area contributed by atoms with Crippen LogP contribution in [0.3, 0.4) is 0 Å². The molecule has 0 saturated heterocycles. The van der Waals surface area contributed by atoms with E-state index in [0.717, 1.165) is 43.2 Å². The van der Waals surface area contributed by atoms with Gasteiger partial charge in [0.05, 0.1) is 12.2 Å². The summed E-state index contributed by atoms with van der Waals surface area (Å²) in [4.78, 5) is 7.66. The van der Waals surface area contributed by atoms with Crippen molar-refractivity contribution in [2.45, 2.75) is 52.5 Å². The Morgan fingerprint density at radius 3 is 2.82 bits per heavy atom. The third-order valence-corrected chi connectivity index (χ3v) is 5.32. The van der Waals surface area contributed by atoms with Gasteiger partial charge in [0.1, 0.15) is 0 Å². The largest absolute Gasteiger partial charge is 0.361 e. The van der Waals surface area contributed by atoms with Crippen molar-refractivity contribution in [1.82, 2.24) is 20.8 Å². The molecule has 0 fully saturated rings. The standard InChI is InChI=1S/C22H31N5O/c1-5-16(6-2)20-12-18(28-27-20)14-26-22(23-4)24-11-10-17-13-25-19-9-7-8-15(3)21(17)19/h7-9,12-13,16,25H,5-6,10-11,14H2,1-4H3,(H2,23,24,26). The Kier molecular flexibility index (Phi) is 6.74. The number of benzene rings is 1. The Morgan fingerprint density at radius 1 is 1.25 bits per heavy atom. The summed E-state index contributed by atoms with van der Waals surface area (Å²) in [6.45, 7) is 7.89. The molecule has 1 aromatic carbocycles. The summed E-state index contributed by atoms with van der Waals surface area (Å²) in [5.41, 5.74) is 4.85. The average molecular weight is 382 g/mol. The van der Waals surface area contributed by atoms with E-state index in [4.69, 9.17) is 4.52 Å². The first-order chi connectivity index (χ1) is 13.7. The van der Waals surface area contributed by atoms with Crippen LogP contribution in [0.4, 0.5) is 0 Å². The van der Waals surface area contributed by atoms with E-state index in [1.165, 1.54) is 22.0 Å². The van der Waals surface area contributed by atoms with Gasteiger partial charge in [-0.3, -0.25) is 4.99 Å². The molecule has 6 heteroatoms. The van der Waals surface area contributed by atoms with Crippen molar-refractivity contribution < 1.29 is 4.52 Å². The summed E-state index contributed by atoms with van der Waals surface area (Å²) < 4.78 is 5.47. The minimum Gasteiger partial charge on any atom is -0.361 e. The number of aliphatic imine (C=N–C) groups is 1. The highest BCUT2D eigenvalue weighted by molar-refractivity contribution is 5.86. The first-order valence-electron chi connectivity index (χ1n) is 10.1. The van der Waals surface area contributed by atoms with Crippen molar-refractivity contribution in [3.63, 3.8) is 0 Å². The average Bonchev–Trinajstić information content (AvgIpc) is 3.34. The predicted octanol–water partition coefficient (Wildman–Crippen LogP) is 4.28. The topological polar surface area (TPSA) is 78.2 Å². The molecule has 3 rings (SSSR count). The number of aromatic amines is 1. The van der Waals surface area contributed by atoms with E-state index in [1.54, 1.807) is 7.05 Å². The number of hydrogen-bond acceptors (Lipinski definition) is 3. The second-order valence-electron chi connectivity index (χ2n) is 7.15. The highest BCUT2D eigenvalue weighted by Gasteiger charge is 2.13. The van der Waals surface area contributed by atoms with Crippen molar-refractivity contribution >= 4 is 16.9 Å². The van der Waals surface area contributed by atoms with Crippen LogP contribution in [-0.2, 0) is 13.0 Å². The second-order valence-corrected chi connectivity index (χ2v) is 7.15. The maximum atomic E-state index is 5.47. The molecule has 3 aromatic rings. The zero-order valence-electron chi connectivity index (χ0n) is 17.3. The number of hydrogen-bond donors (Lipinski definition) is 3. The zero-order chi connectivity index (χ0) is 19.9. The molecule has 2 aromatic heterocycles. The summed E-state index contributed by atoms with van der Waals surface area (Å²) in [5.74, 6) is 2.06. The lowest BCUT2D eigenvalue weighted by Crippen LogP contribution is -2.37. The molecule has 6 nitrogen and oxygen atoms in total. The molecule has 0 aliphatic rings. The van der Waals surface area contributed by atoms with Gasteiger partial charge in [-0.25, -0.2) is 0 Å². The summed E-state index contributed by atoms with van der Waals surface area (Å²) in [6, 6.07) is 8.40. The first kappa shape index (κ1) is 20.0. The van der Waals surface area contributed by atoms with Gasteiger partial charge < -0.3 is 20.1 Å². The fourth-order valence-electron chi connectivity index (χ4n) is 3.67. The Balaban J connectivity index is 1.51. The lowest BCUT2D eigenvalue weighted by Gasteiger charge is -2.10. The number of nitrogens with one attached hydrogen (secondary N) is 3. The van der Waals surface area contributed by atoms with Gasteiger partial charge in [-0.1, -0.05) is 31.1 Å². The van der Waals surface area contributed by atoms with E-state index < -0.39 is 0 Å². The van der Waals surface area contributed by atoms with Gasteiger partial charge >= 0.3 is 0 Å². The molecule has 0 unspecified atom stereocenters. The molecule has 0 aliphatic heterocycles. The molecule has 0 amide bonds. The molecule has 3 N–H and O–H groups in total. The van der Waals surface area contributed by atoms with E-state index in [9.17, 15) is 0 Å². The highest BCUT2D eigenvalue weighted by atomic mass is 16.5. The van der Waals surface area contributed by atoms with Crippen molar-refractivity contribution in [2.24, 2.45) is 4.99 Å². The number of rotatable bonds is 8. The minimum absolute atomic E-state index is 0.467. The Labute approximate surface area is 166 Å². The third-order valence-electron chi connectivity index (χ3n) is 5.32. The van der Waals surface area contributed by atoms with Gasteiger partial charge in [-0.15, -0.1) is 0 Å². The SMILES string of the molecule is CCC(CC)c1cc(CNC(=NC)NCCc2c[nH]c3cccc(C)c23)on1. The maximum absolute atomic E-state index is 5.47. The number of guanidine groups is 1. The van der Waals surface area contributed by atoms with E-state index in [-0.39, 0.29) is 0 Å². The first-order valence-corrected chi connectivity index (χ1v) is 10.1. The lowest BCUT2D eigenvalue weighted by molar-refractivity contribution is 0.368. The van der Waals surface area contributed by atoms with Gasteiger partial charge in [0.15, 0.2) is 11.7 Å². The van der Waals surface area contributed by atoms with E-state index >= 15 is 0 Å². The van der Waals surface area contributed by atoms with Crippen molar-refractivity contribution in [3.8, 4) is 0 Å². The summed E-state index contributed by atoms with van der Waals surface area (Å²) in [5, 5.41) is 12.2. The monoisotopic (exact) mass is 381 g/mol. The molecule has 28 heavy (non-hydrogen) atoms. The van der Waals surface area contributed by atoms with Crippen molar-refractivity contribution in [3.05, 3.63) is 53.0 Å². The fraction of sp³-hybridized carbons (Fsp3) is 0.455. The Hall–Kier alpha value is -2.76. The molecule has 0 bridgehead atoms. The maximum Gasteiger partial charge on any atom is 0.191 e. The molecule has 0 atom stereocenters. The van der Waals surface area contributed by atoms with Gasteiger partial charge in [0.2, 0.25) is 0 Å². The minimum atomic E-state index is 0.467. The van der Waals surface area contributed by atoms with E-state index in [2.05, 4.69) is 70.9 Å². The van der Waals surface area contributed by atoms with Crippen LogP contribution in [0.1, 0.15) is 55.2 Å². The van der Waals surface area contributed by atoms with E-state index in [0.29, 0.717) is 12.5 Å². The summed E-state index contributed by atoms with van der Waals surface area (Å²) in [7, 11) is 1.78. The van der Waals surface area contributed by atoms with Crippen molar-refractivity contribution in [2.75, 3.05) is 13.6 Å². The van der Waals surface area contributed by atoms with Crippen LogP contribution in [0, 0.1) is 6.92 Å². The van der Waals surface area contributed by atoms with Gasteiger partial charge in [-0.05, 0) is 43.4 Å². The van der Waals surface area contributed by atoms with Crippen LogP contribution in [0.15, 0.2) is 40.0 Å². The van der Waals surface area contributed by atoms with Crippen LogP contribution >= 0.6 is 0 Å². The quantitative estimate of drug-likeness (QED) is 0.402. The van der Waals surface area contributed by atoms with Gasteiger partial charge in [-0.2, -0.15) is 0 Å². The Morgan fingerprint density at radius 2 is 2.07 bits per heavy atom. The van der Waals surface area contributed by atoms with Crippen LogP contribution in [0.25, 0.3) is 10.9 Å². The lowest BCUT2D eigenvalue weighted by atomic mass is 9.99. The number of H-pyrrole nitrogens is 1. The molecule has 0 aliphatic carbocycles. The number of aromatic nitrogens is 2. The summed E-state index contributed by atoms with van der Waals surface area (Å²) >= 11 is 0.